The minimum Gasteiger partial charge on any atom is -0.468 e. The van der Waals surface area contributed by atoms with Crippen LogP contribution in [0.5, 0.6) is 0 Å². The molecule has 0 fully saturated rings. The van der Waals surface area contributed by atoms with E-state index in [2.05, 4.69) is 15.6 Å². The molecule has 0 bridgehead atoms. The molecule has 2 aromatic rings. The van der Waals surface area contributed by atoms with Gasteiger partial charge in [-0.2, -0.15) is 0 Å². The van der Waals surface area contributed by atoms with E-state index >= 15 is 0 Å². The monoisotopic (exact) mass is 355 g/mol. The van der Waals surface area contributed by atoms with E-state index < -0.39 is 23.6 Å². The van der Waals surface area contributed by atoms with Gasteiger partial charge >= 0.3 is 5.97 Å². The van der Waals surface area contributed by atoms with Crippen LogP contribution in [0.4, 0.5) is 0 Å². The van der Waals surface area contributed by atoms with Crippen molar-refractivity contribution in [2.45, 2.75) is 38.4 Å². The number of nitrogens with zero attached hydrogens (tertiary/aromatic N) is 1. The van der Waals surface area contributed by atoms with Gasteiger partial charge in [-0.05, 0) is 38.0 Å². The number of pyridine rings is 1. The zero-order valence-electron chi connectivity index (χ0n) is 15.5. The Kier molecular flexibility index (Phi) is 6.46. The number of benzene rings is 1. The van der Waals surface area contributed by atoms with E-state index in [-0.39, 0.29) is 5.91 Å². The van der Waals surface area contributed by atoms with Crippen molar-refractivity contribution < 1.29 is 14.3 Å². The minimum absolute atomic E-state index is 0.240. The van der Waals surface area contributed by atoms with E-state index in [9.17, 15) is 9.59 Å². The SMILES string of the molecule is COC(=O)C(NC(C(=O)NC(C)(C)C)c1cccnc1)c1ccccc1. The fraction of sp³-hybridized carbons (Fsp3) is 0.350. The van der Waals surface area contributed by atoms with E-state index in [4.69, 9.17) is 4.74 Å². The van der Waals surface area contributed by atoms with Crippen molar-refractivity contribution in [2.75, 3.05) is 7.11 Å². The molecule has 0 aliphatic carbocycles. The maximum atomic E-state index is 12.9. The van der Waals surface area contributed by atoms with Crippen LogP contribution in [0, 0.1) is 0 Å². The van der Waals surface area contributed by atoms with Gasteiger partial charge in [0.05, 0.1) is 7.11 Å². The Morgan fingerprint density at radius 2 is 1.65 bits per heavy atom. The second-order valence-electron chi connectivity index (χ2n) is 6.99. The molecule has 6 heteroatoms. The molecule has 0 saturated carbocycles. The van der Waals surface area contributed by atoms with Gasteiger partial charge in [0, 0.05) is 17.9 Å². The van der Waals surface area contributed by atoms with Gasteiger partial charge in [0.2, 0.25) is 5.91 Å². The summed E-state index contributed by atoms with van der Waals surface area (Å²) in [4.78, 5) is 29.3. The first-order chi connectivity index (χ1) is 12.3. The molecule has 0 aliphatic heterocycles. The first kappa shape index (κ1) is 19.6. The molecule has 2 atom stereocenters. The van der Waals surface area contributed by atoms with Gasteiger partial charge in [0.15, 0.2) is 0 Å². The van der Waals surface area contributed by atoms with Gasteiger partial charge in [-0.1, -0.05) is 36.4 Å². The highest BCUT2D eigenvalue weighted by molar-refractivity contribution is 5.85. The summed E-state index contributed by atoms with van der Waals surface area (Å²) >= 11 is 0. The molecule has 2 unspecified atom stereocenters. The van der Waals surface area contributed by atoms with Crippen LogP contribution in [0.2, 0.25) is 0 Å². The van der Waals surface area contributed by atoms with Crippen LogP contribution < -0.4 is 10.6 Å². The maximum absolute atomic E-state index is 12.9. The minimum atomic E-state index is -0.780. The van der Waals surface area contributed by atoms with Crippen molar-refractivity contribution in [3.63, 3.8) is 0 Å². The largest absolute Gasteiger partial charge is 0.468 e. The number of esters is 1. The molecule has 2 N–H and O–H groups in total. The number of rotatable bonds is 6. The van der Waals surface area contributed by atoms with Gasteiger partial charge in [-0.25, -0.2) is 4.79 Å². The van der Waals surface area contributed by atoms with E-state index in [0.717, 1.165) is 5.56 Å². The molecule has 2 rings (SSSR count). The van der Waals surface area contributed by atoms with Crippen molar-refractivity contribution in [3.05, 3.63) is 66.0 Å². The number of carbonyl (C=O) groups is 2. The lowest BCUT2D eigenvalue weighted by molar-refractivity contribution is -0.143. The Balaban J connectivity index is 2.37. The maximum Gasteiger partial charge on any atom is 0.327 e. The Bertz CT molecular complexity index is 727. The first-order valence-electron chi connectivity index (χ1n) is 8.42. The highest BCUT2D eigenvalue weighted by Gasteiger charge is 2.31. The van der Waals surface area contributed by atoms with E-state index in [1.54, 1.807) is 24.5 Å². The molecule has 26 heavy (non-hydrogen) atoms. The number of ether oxygens (including phenoxy) is 1. The standard InChI is InChI=1S/C20H25N3O3/c1-20(2,3)23-18(24)16(15-11-8-12-21-13-15)22-17(19(25)26-4)14-9-6-5-7-10-14/h5-13,16-17,22H,1-4H3,(H,23,24). The molecule has 0 aliphatic rings. The number of nitrogens with one attached hydrogen (secondary N) is 2. The van der Waals surface area contributed by atoms with Gasteiger partial charge in [-0.3, -0.25) is 15.1 Å². The van der Waals surface area contributed by atoms with Crippen molar-refractivity contribution in [1.82, 2.24) is 15.6 Å². The normalized spacial score (nSPS) is 13.5. The smallest absolute Gasteiger partial charge is 0.327 e. The fourth-order valence-electron chi connectivity index (χ4n) is 2.54. The van der Waals surface area contributed by atoms with Gasteiger partial charge in [-0.15, -0.1) is 0 Å². The molecule has 0 radical (unpaired) electrons. The van der Waals surface area contributed by atoms with E-state index in [1.165, 1.54) is 7.11 Å². The van der Waals surface area contributed by atoms with Crippen molar-refractivity contribution in [2.24, 2.45) is 0 Å². The highest BCUT2D eigenvalue weighted by Crippen LogP contribution is 2.22. The third kappa shape index (κ3) is 5.39. The molecule has 0 spiro atoms. The van der Waals surface area contributed by atoms with Crippen LogP contribution in [-0.2, 0) is 14.3 Å². The Morgan fingerprint density at radius 1 is 1.00 bits per heavy atom. The van der Waals surface area contributed by atoms with Crippen LogP contribution in [-0.4, -0.2) is 29.5 Å². The number of amides is 1. The zero-order chi connectivity index (χ0) is 19.2. The number of methoxy groups -OCH3 is 1. The van der Waals surface area contributed by atoms with Gasteiger partial charge in [0.1, 0.15) is 12.1 Å². The molecule has 1 heterocycles. The van der Waals surface area contributed by atoms with Crippen LogP contribution in [0.1, 0.15) is 44.0 Å². The lowest BCUT2D eigenvalue weighted by atomic mass is 10.0. The zero-order valence-corrected chi connectivity index (χ0v) is 15.5. The molecule has 1 aromatic heterocycles. The van der Waals surface area contributed by atoms with Crippen molar-refractivity contribution in [3.8, 4) is 0 Å². The Hall–Kier alpha value is -2.73. The van der Waals surface area contributed by atoms with Crippen molar-refractivity contribution in [1.29, 1.82) is 0 Å². The number of carbonyl (C=O) groups excluding carboxylic acids is 2. The Labute approximate surface area is 154 Å². The predicted molar refractivity (Wildman–Crippen MR) is 99.2 cm³/mol. The molecule has 6 nitrogen and oxygen atoms in total. The van der Waals surface area contributed by atoms with Crippen molar-refractivity contribution >= 4 is 11.9 Å². The summed E-state index contributed by atoms with van der Waals surface area (Å²) in [5, 5.41) is 6.08. The lowest BCUT2D eigenvalue weighted by Gasteiger charge is -2.28. The summed E-state index contributed by atoms with van der Waals surface area (Å²) in [7, 11) is 1.33. The van der Waals surface area contributed by atoms with Crippen LogP contribution in [0.25, 0.3) is 0 Å². The molecule has 1 aromatic carbocycles. The summed E-state index contributed by atoms with van der Waals surface area (Å²) in [6, 6.07) is 11.2. The summed E-state index contributed by atoms with van der Waals surface area (Å²) in [6.45, 7) is 5.71. The summed E-state index contributed by atoms with van der Waals surface area (Å²) in [5.74, 6) is -0.705. The molecular weight excluding hydrogens is 330 g/mol. The highest BCUT2D eigenvalue weighted by atomic mass is 16.5. The molecule has 138 valence electrons. The molecular formula is C20H25N3O3. The molecule has 1 amide bonds. The summed E-state index contributed by atoms with van der Waals surface area (Å²) in [5.41, 5.74) is 0.975. The summed E-state index contributed by atoms with van der Waals surface area (Å²) in [6.07, 6.45) is 3.25. The van der Waals surface area contributed by atoms with E-state index in [0.29, 0.717) is 5.56 Å². The lowest BCUT2D eigenvalue weighted by Crippen LogP contribution is -2.48. The van der Waals surface area contributed by atoms with Crippen LogP contribution in [0.15, 0.2) is 54.9 Å². The van der Waals surface area contributed by atoms with Crippen LogP contribution >= 0.6 is 0 Å². The Morgan fingerprint density at radius 3 is 2.19 bits per heavy atom. The molecule has 0 saturated heterocycles. The fourth-order valence-corrected chi connectivity index (χ4v) is 2.54. The van der Waals surface area contributed by atoms with E-state index in [1.807, 2.05) is 51.1 Å². The van der Waals surface area contributed by atoms with Gasteiger partial charge < -0.3 is 10.1 Å². The average Bonchev–Trinajstić information content (AvgIpc) is 2.62. The van der Waals surface area contributed by atoms with Crippen LogP contribution in [0.3, 0.4) is 0 Å². The third-order valence-corrected chi connectivity index (χ3v) is 3.68. The topological polar surface area (TPSA) is 80.3 Å². The quantitative estimate of drug-likeness (QED) is 0.779. The first-order valence-corrected chi connectivity index (χ1v) is 8.42. The number of hydrogen-bond donors (Lipinski definition) is 2. The van der Waals surface area contributed by atoms with Gasteiger partial charge in [0.25, 0.3) is 0 Å². The summed E-state index contributed by atoms with van der Waals surface area (Å²) < 4.78 is 4.94. The number of aromatic nitrogens is 1. The number of hydrogen-bond acceptors (Lipinski definition) is 5. The third-order valence-electron chi connectivity index (χ3n) is 3.68. The average molecular weight is 355 g/mol. The second-order valence-corrected chi connectivity index (χ2v) is 6.99. The predicted octanol–water partition coefficient (Wildman–Crippen LogP) is 2.54. The second kappa shape index (κ2) is 8.58.